The lowest BCUT2D eigenvalue weighted by Crippen LogP contribution is -2.41. The Balaban J connectivity index is 1.35. The summed E-state index contributed by atoms with van der Waals surface area (Å²) in [5.74, 6) is 0.388. The van der Waals surface area contributed by atoms with Crippen LogP contribution in [-0.2, 0) is 9.59 Å². The van der Waals surface area contributed by atoms with Gasteiger partial charge in [0.25, 0.3) is 0 Å². The predicted octanol–water partition coefficient (Wildman–Crippen LogP) is 2.97. The molecule has 2 saturated carbocycles. The van der Waals surface area contributed by atoms with E-state index in [1.807, 2.05) is 4.90 Å². The SMILES string of the molecule is O=C(CBr)NC1CCC(Nc2ncc(F)c(C3CCCN(C(=O)C4CC4)C3)n2)CC1. The van der Waals surface area contributed by atoms with Crippen LogP contribution in [-0.4, -0.2) is 57.2 Å². The smallest absolute Gasteiger partial charge is 0.230 e. The van der Waals surface area contributed by atoms with Crippen molar-refractivity contribution in [3.8, 4) is 0 Å². The third-order valence-corrected chi connectivity index (χ3v) is 6.87. The van der Waals surface area contributed by atoms with Gasteiger partial charge in [-0.25, -0.2) is 14.4 Å². The van der Waals surface area contributed by atoms with Gasteiger partial charge in [0.2, 0.25) is 17.8 Å². The number of nitrogens with one attached hydrogen (secondary N) is 2. The number of nitrogens with zero attached hydrogens (tertiary/aromatic N) is 3. The minimum absolute atomic E-state index is 0.0135. The largest absolute Gasteiger partial charge is 0.353 e. The van der Waals surface area contributed by atoms with Crippen LogP contribution in [0.5, 0.6) is 0 Å². The van der Waals surface area contributed by atoms with E-state index < -0.39 is 5.82 Å². The summed E-state index contributed by atoms with van der Waals surface area (Å²) in [6.45, 7) is 1.31. The van der Waals surface area contributed by atoms with Gasteiger partial charge in [-0.3, -0.25) is 9.59 Å². The molecular weight excluding hydrogens is 453 g/mol. The zero-order valence-corrected chi connectivity index (χ0v) is 18.7. The van der Waals surface area contributed by atoms with Gasteiger partial charge in [-0.1, -0.05) is 15.9 Å². The van der Waals surface area contributed by atoms with Crippen molar-refractivity contribution in [2.45, 2.75) is 69.4 Å². The summed E-state index contributed by atoms with van der Waals surface area (Å²) in [5.41, 5.74) is 0.416. The molecule has 0 aromatic carbocycles. The molecule has 164 valence electrons. The Kier molecular flexibility index (Phi) is 6.85. The molecular formula is C21H29BrFN5O2. The molecule has 0 radical (unpaired) electrons. The van der Waals surface area contributed by atoms with Crippen LogP contribution < -0.4 is 10.6 Å². The van der Waals surface area contributed by atoms with Gasteiger partial charge in [-0.15, -0.1) is 0 Å². The molecule has 4 rings (SSSR count). The minimum Gasteiger partial charge on any atom is -0.353 e. The number of alkyl halides is 1. The van der Waals surface area contributed by atoms with Crippen molar-refractivity contribution in [1.29, 1.82) is 0 Å². The number of rotatable bonds is 6. The van der Waals surface area contributed by atoms with Crippen molar-refractivity contribution in [1.82, 2.24) is 20.2 Å². The highest BCUT2D eigenvalue weighted by atomic mass is 79.9. The highest BCUT2D eigenvalue weighted by Gasteiger charge is 2.36. The predicted molar refractivity (Wildman–Crippen MR) is 115 cm³/mol. The van der Waals surface area contributed by atoms with Gasteiger partial charge < -0.3 is 15.5 Å². The molecule has 0 spiro atoms. The quantitative estimate of drug-likeness (QED) is 0.609. The summed E-state index contributed by atoms with van der Waals surface area (Å²) in [7, 11) is 0. The van der Waals surface area contributed by atoms with Gasteiger partial charge in [0.1, 0.15) is 0 Å². The lowest BCUT2D eigenvalue weighted by atomic mass is 9.91. The Bertz CT molecular complexity index is 783. The molecule has 0 bridgehead atoms. The van der Waals surface area contributed by atoms with E-state index in [4.69, 9.17) is 0 Å². The third kappa shape index (κ3) is 5.28. The fraction of sp³-hybridized carbons (Fsp3) is 0.714. The molecule has 3 fully saturated rings. The summed E-state index contributed by atoms with van der Waals surface area (Å²) >= 11 is 3.17. The van der Waals surface area contributed by atoms with E-state index in [-0.39, 0.29) is 35.7 Å². The molecule has 2 heterocycles. The van der Waals surface area contributed by atoms with Crippen LogP contribution in [0.25, 0.3) is 0 Å². The molecule has 1 aromatic heterocycles. The number of aromatic nitrogens is 2. The molecule has 1 atom stereocenters. The Morgan fingerprint density at radius 2 is 1.87 bits per heavy atom. The molecule has 1 unspecified atom stereocenters. The van der Waals surface area contributed by atoms with Crippen LogP contribution in [0.3, 0.4) is 0 Å². The first-order valence-electron chi connectivity index (χ1n) is 11.0. The van der Waals surface area contributed by atoms with Gasteiger partial charge in [0.15, 0.2) is 5.82 Å². The maximum absolute atomic E-state index is 14.5. The van der Waals surface area contributed by atoms with E-state index in [2.05, 4.69) is 36.5 Å². The zero-order chi connectivity index (χ0) is 21.1. The lowest BCUT2D eigenvalue weighted by molar-refractivity contribution is -0.133. The van der Waals surface area contributed by atoms with E-state index in [9.17, 15) is 14.0 Å². The fourth-order valence-electron chi connectivity index (χ4n) is 4.56. The molecule has 1 saturated heterocycles. The summed E-state index contributed by atoms with van der Waals surface area (Å²) in [6.07, 6.45) is 8.51. The number of halogens is 2. The van der Waals surface area contributed by atoms with E-state index >= 15 is 0 Å². The number of hydrogen-bond acceptors (Lipinski definition) is 5. The Morgan fingerprint density at radius 3 is 2.57 bits per heavy atom. The van der Waals surface area contributed by atoms with Gasteiger partial charge in [-0.2, -0.15) is 0 Å². The normalized spacial score (nSPS) is 26.9. The van der Waals surface area contributed by atoms with E-state index in [0.29, 0.717) is 23.5 Å². The van der Waals surface area contributed by atoms with Crippen LogP contribution in [0.2, 0.25) is 0 Å². The van der Waals surface area contributed by atoms with Crippen molar-refractivity contribution < 1.29 is 14.0 Å². The summed E-state index contributed by atoms with van der Waals surface area (Å²) in [4.78, 5) is 34.5. The number of carbonyl (C=O) groups is 2. The van der Waals surface area contributed by atoms with E-state index in [0.717, 1.165) is 57.9 Å². The number of piperidine rings is 1. The first-order chi connectivity index (χ1) is 14.5. The average molecular weight is 482 g/mol. The fourth-order valence-corrected chi connectivity index (χ4v) is 4.72. The second-order valence-electron chi connectivity index (χ2n) is 8.72. The Hall–Kier alpha value is -1.77. The van der Waals surface area contributed by atoms with Gasteiger partial charge in [0.05, 0.1) is 17.2 Å². The standard InChI is InChI=1S/C21H29BrFN5O2/c22-10-18(29)25-15-5-7-16(8-6-15)26-21-24-11-17(23)19(27-21)14-2-1-9-28(12-14)20(30)13-3-4-13/h11,13-16H,1-10,12H2,(H,25,29)(H,24,26,27). The number of anilines is 1. The molecule has 2 amide bonds. The van der Waals surface area contributed by atoms with Crippen molar-refractivity contribution in [3.05, 3.63) is 17.7 Å². The second-order valence-corrected chi connectivity index (χ2v) is 9.28. The van der Waals surface area contributed by atoms with Gasteiger partial charge in [-0.05, 0) is 51.4 Å². The molecule has 3 aliphatic rings. The van der Waals surface area contributed by atoms with Crippen LogP contribution in [0, 0.1) is 11.7 Å². The van der Waals surface area contributed by atoms with Gasteiger partial charge in [0, 0.05) is 37.0 Å². The molecule has 30 heavy (non-hydrogen) atoms. The number of hydrogen-bond donors (Lipinski definition) is 2. The monoisotopic (exact) mass is 481 g/mol. The van der Waals surface area contributed by atoms with Crippen LogP contribution in [0.15, 0.2) is 6.20 Å². The first-order valence-corrected chi connectivity index (χ1v) is 12.1. The molecule has 7 nitrogen and oxygen atoms in total. The molecule has 1 aromatic rings. The van der Waals surface area contributed by atoms with E-state index in [1.54, 1.807) is 0 Å². The third-order valence-electron chi connectivity index (χ3n) is 6.36. The van der Waals surface area contributed by atoms with E-state index in [1.165, 1.54) is 6.20 Å². The highest BCUT2D eigenvalue weighted by Crippen LogP contribution is 2.34. The molecule has 1 aliphatic heterocycles. The Labute approximate surface area is 184 Å². The molecule has 9 heteroatoms. The summed E-state index contributed by atoms with van der Waals surface area (Å²) in [5, 5.41) is 6.68. The van der Waals surface area contributed by atoms with Crippen molar-refractivity contribution in [3.63, 3.8) is 0 Å². The van der Waals surface area contributed by atoms with Crippen molar-refractivity contribution >= 4 is 33.7 Å². The average Bonchev–Trinajstić information content (AvgIpc) is 3.61. The summed E-state index contributed by atoms with van der Waals surface area (Å²) < 4.78 is 14.5. The molecule has 2 N–H and O–H groups in total. The van der Waals surface area contributed by atoms with Crippen molar-refractivity contribution in [2.24, 2.45) is 5.92 Å². The van der Waals surface area contributed by atoms with Crippen LogP contribution >= 0.6 is 15.9 Å². The maximum Gasteiger partial charge on any atom is 0.230 e. The minimum atomic E-state index is -0.396. The Morgan fingerprint density at radius 1 is 1.13 bits per heavy atom. The zero-order valence-electron chi connectivity index (χ0n) is 17.1. The van der Waals surface area contributed by atoms with Crippen molar-refractivity contribution in [2.75, 3.05) is 23.7 Å². The number of carbonyl (C=O) groups excluding carboxylic acids is 2. The van der Waals surface area contributed by atoms with Crippen LogP contribution in [0.4, 0.5) is 10.3 Å². The number of likely N-dealkylation sites (tertiary alicyclic amines) is 1. The second kappa shape index (κ2) is 9.58. The van der Waals surface area contributed by atoms with Gasteiger partial charge >= 0.3 is 0 Å². The lowest BCUT2D eigenvalue weighted by Gasteiger charge is -2.33. The van der Waals surface area contributed by atoms with Crippen LogP contribution in [0.1, 0.15) is 63.0 Å². The number of amides is 2. The maximum atomic E-state index is 14.5. The summed E-state index contributed by atoms with van der Waals surface area (Å²) in [6, 6.07) is 0.412. The highest BCUT2D eigenvalue weighted by molar-refractivity contribution is 9.09. The topological polar surface area (TPSA) is 87.2 Å². The first kappa shape index (κ1) is 21.5. The molecule has 2 aliphatic carbocycles.